The molecule has 0 unspecified atom stereocenters. The Morgan fingerprint density at radius 3 is 2.31 bits per heavy atom. The second-order valence-electron chi connectivity index (χ2n) is 7.07. The average Bonchev–Trinajstić information content (AvgIpc) is 2.76. The van der Waals surface area contributed by atoms with Gasteiger partial charge in [0.15, 0.2) is 0 Å². The number of hydrogen-bond acceptors (Lipinski definition) is 4. The summed E-state index contributed by atoms with van der Waals surface area (Å²) in [5.74, 6) is -0.232. The van der Waals surface area contributed by atoms with Crippen molar-refractivity contribution < 1.29 is 17.9 Å². The largest absolute Gasteiger partial charge is 0.495 e. The third-order valence-corrected chi connectivity index (χ3v) is 7.32. The molecule has 9 heteroatoms. The van der Waals surface area contributed by atoms with Crippen molar-refractivity contribution in [2.24, 2.45) is 0 Å². The van der Waals surface area contributed by atoms with E-state index in [1.54, 1.807) is 24.3 Å². The minimum atomic E-state index is -4.27. The predicted octanol–water partition coefficient (Wildman–Crippen LogP) is 5.45. The van der Waals surface area contributed by atoms with E-state index in [1.165, 1.54) is 25.3 Å². The highest BCUT2D eigenvalue weighted by Gasteiger charge is 2.31. The molecule has 0 fully saturated rings. The molecule has 0 atom stereocenters. The molecule has 3 rings (SSSR count). The summed E-state index contributed by atoms with van der Waals surface area (Å²) >= 11 is 12.2. The Balaban J connectivity index is 2.07. The van der Waals surface area contributed by atoms with Gasteiger partial charge in [-0.15, -0.1) is 0 Å². The molecule has 1 N–H and O–H groups in total. The van der Waals surface area contributed by atoms with Crippen LogP contribution in [0.1, 0.15) is 11.1 Å². The lowest BCUT2D eigenvalue weighted by molar-refractivity contribution is -0.114. The molecule has 0 aliphatic heterocycles. The Hall–Kier alpha value is -2.74. The first-order valence-corrected chi connectivity index (χ1v) is 11.8. The lowest BCUT2D eigenvalue weighted by atomic mass is 10.1. The van der Waals surface area contributed by atoms with Crippen LogP contribution in [0.5, 0.6) is 5.75 Å². The Morgan fingerprint density at radius 1 is 1.00 bits per heavy atom. The second-order valence-corrected chi connectivity index (χ2v) is 9.75. The number of carbonyl (C=O) groups is 1. The van der Waals surface area contributed by atoms with Crippen LogP contribution in [0, 0.1) is 13.8 Å². The number of hydrogen-bond donors (Lipinski definition) is 1. The minimum absolute atomic E-state index is 0.00976. The summed E-state index contributed by atoms with van der Waals surface area (Å²) in [5, 5.41) is 3.01. The van der Waals surface area contributed by atoms with Crippen molar-refractivity contribution in [3.8, 4) is 5.75 Å². The first-order valence-electron chi connectivity index (χ1n) is 9.62. The summed E-state index contributed by atoms with van der Waals surface area (Å²) in [5.41, 5.74) is 2.56. The quantitative estimate of drug-likeness (QED) is 0.475. The van der Waals surface area contributed by atoms with Gasteiger partial charge in [-0.3, -0.25) is 9.10 Å². The monoisotopic (exact) mass is 492 g/mol. The summed E-state index contributed by atoms with van der Waals surface area (Å²) in [6.07, 6.45) is 0. The molecule has 0 bridgehead atoms. The van der Waals surface area contributed by atoms with Crippen LogP contribution in [0.2, 0.25) is 10.0 Å². The molecular formula is C23H22Cl2N2O4S. The summed E-state index contributed by atoms with van der Waals surface area (Å²) in [4.78, 5) is 12.8. The van der Waals surface area contributed by atoms with E-state index in [9.17, 15) is 13.2 Å². The standard InChI is InChI=1S/C23H22Cl2N2O4S/c1-15-7-6-8-16(2)23(15)26-22(28)14-27(19-9-4-5-10-20(19)31-3)32(29,30)21-13-17(24)11-12-18(21)25/h4-13H,14H2,1-3H3,(H,26,28). The number of sulfonamides is 1. The molecule has 0 saturated carbocycles. The number of anilines is 2. The fraction of sp³-hybridized carbons (Fsp3) is 0.174. The van der Waals surface area contributed by atoms with Crippen LogP contribution < -0.4 is 14.4 Å². The highest BCUT2D eigenvalue weighted by atomic mass is 35.5. The maximum absolute atomic E-state index is 13.6. The summed E-state index contributed by atoms with van der Waals surface area (Å²) < 4.78 is 33.6. The molecule has 3 aromatic carbocycles. The van der Waals surface area contributed by atoms with Gasteiger partial charge in [0, 0.05) is 10.7 Å². The SMILES string of the molecule is COc1ccccc1N(CC(=O)Nc1c(C)cccc1C)S(=O)(=O)c1cc(Cl)ccc1Cl. The van der Waals surface area contributed by atoms with Crippen molar-refractivity contribution in [1.29, 1.82) is 0 Å². The Labute approximate surface area is 197 Å². The van der Waals surface area contributed by atoms with Gasteiger partial charge in [0.1, 0.15) is 17.2 Å². The number of rotatable bonds is 7. The van der Waals surface area contributed by atoms with Gasteiger partial charge >= 0.3 is 0 Å². The zero-order chi connectivity index (χ0) is 23.5. The highest BCUT2D eigenvalue weighted by Crippen LogP contribution is 2.35. The number of para-hydroxylation sites is 3. The van der Waals surface area contributed by atoms with Crippen LogP contribution in [0.15, 0.2) is 65.6 Å². The molecule has 0 aliphatic rings. The molecule has 32 heavy (non-hydrogen) atoms. The number of ether oxygens (including phenoxy) is 1. The van der Waals surface area contributed by atoms with E-state index >= 15 is 0 Å². The van der Waals surface area contributed by atoms with Crippen molar-refractivity contribution in [1.82, 2.24) is 0 Å². The van der Waals surface area contributed by atoms with Gasteiger partial charge in [0.05, 0.1) is 17.8 Å². The van der Waals surface area contributed by atoms with Gasteiger partial charge in [0.2, 0.25) is 5.91 Å². The third kappa shape index (κ3) is 5.01. The Bertz CT molecular complexity index is 1240. The Morgan fingerprint density at radius 2 is 1.66 bits per heavy atom. The topological polar surface area (TPSA) is 75.7 Å². The smallest absolute Gasteiger partial charge is 0.266 e. The van der Waals surface area contributed by atoms with Crippen molar-refractivity contribution in [2.45, 2.75) is 18.7 Å². The normalized spacial score (nSPS) is 11.2. The summed E-state index contributed by atoms with van der Waals surface area (Å²) in [6.45, 7) is 3.23. The first-order chi connectivity index (χ1) is 15.1. The molecule has 168 valence electrons. The molecule has 0 aliphatic carbocycles. The van der Waals surface area contributed by atoms with Crippen molar-refractivity contribution >= 4 is 50.5 Å². The lowest BCUT2D eigenvalue weighted by Crippen LogP contribution is -2.38. The fourth-order valence-electron chi connectivity index (χ4n) is 3.25. The molecule has 3 aromatic rings. The number of amides is 1. The summed E-state index contributed by atoms with van der Waals surface area (Å²) in [6, 6.07) is 16.3. The highest BCUT2D eigenvalue weighted by molar-refractivity contribution is 7.93. The number of benzene rings is 3. The number of nitrogens with zero attached hydrogens (tertiary/aromatic N) is 1. The van der Waals surface area contributed by atoms with Gasteiger partial charge in [0.25, 0.3) is 10.0 Å². The zero-order valence-corrected chi connectivity index (χ0v) is 20.1. The fourth-order valence-corrected chi connectivity index (χ4v) is 5.42. The van der Waals surface area contributed by atoms with Crippen LogP contribution in [0.25, 0.3) is 0 Å². The van der Waals surface area contributed by atoms with Gasteiger partial charge in [-0.1, -0.05) is 53.5 Å². The van der Waals surface area contributed by atoms with Crippen LogP contribution in [-0.2, 0) is 14.8 Å². The van der Waals surface area contributed by atoms with Crippen molar-refractivity contribution in [3.63, 3.8) is 0 Å². The molecule has 0 saturated heterocycles. The van der Waals surface area contributed by atoms with Gasteiger partial charge in [-0.05, 0) is 55.3 Å². The molecule has 0 aromatic heterocycles. The number of nitrogens with one attached hydrogen (secondary N) is 1. The van der Waals surface area contributed by atoms with Crippen molar-refractivity contribution in [3.05, 3.63) is 81.8 Å². The number of methoxy groups -OCH3 is 1. The first kappa shape index (κ1) is 23.9. The molecular weight excluding hydrogens is 471 g/mol. The van der Waals surface area contributed by atoms with E-state index in [-0.39, 0.29) is 26.4 Å². The molecule has 0 spiro atoms. The van der Waals surface area contributed by atoms with Crippen molar-refractivity contribution in [2.75, 3.05) is 23.3 Å². The van der Waals surface area contributed by atoms with Gasteiger partial charge in [-0.2, -0.15) is 0 Å². The van der Waals surface area contributed by atoms with E-state index in [4.69, 9.17) is 27.9 Å². The van der Waals surface area contributed by atoms with Gasteiger partial charge in [-0.25, -0.2) is 8.42 Å². The van der Waals surface area contributed by atoms with Gasteiger partial charge < -0.3 is 10.1 Å². The summed E-state index contributed by atoms with van der Waals surface area (Å²) in [7, 11) is -2.85. The average molecular weight is 493 g/mol. The predicted molar refractivity (Wildman–Crippen MR) is 129 cm³/mol. The molecule has 0 heterocycles. The number of carbonyl (C=O) groups excluding carboxylic acids is 1. The van der Waals surface area contributed by atoms with E-state index < -0.39 is 22.5 Å². The third-order valence-electron chi connectivity index (χ3n) is 4.85. The maximum Gasteiger partial charge on any atom is 0.266 e. The minimum Gasteiger partial charge on any atom is -0.495 e. The second kappa shape index (κ2) is 9.81. The molecule has 6 nitrogen and oxygen atoms in total. The lowest BCUT2D eigenvalue weighted by Gasteiger charge is -2.26. The zero-order valence-electron chi connectivity index (χ0n) is 17.7. The Kier molecular flexibility index (Phi) is 7.33. The molecule has 0 radical (unpaired) electrons. The van der Waals surface area contributed by atoms with Crippen LogP contribution in [-0.4, -0.2) is 28.0 Å². The van der Waals surface area contributed by atoms with Crippen LogP contribution >= 0.6 is 23.2 Å². The van der Waals surface area contributed by atoms with E-state index in [0.717, 1.165) is 15.4 Å². The van der Waals surface area contributed by atoms with E-state index in [2.05, 4.69) is 5.32 Å². The molecule has 1 amide bonds. The maximum atomic E-state index is 13.6. The number of halogens is 2. The number of aryl methyl sites for hydroxylation is 2. The van der Waals surface area contributed by atoms with Crippen LogP contribution in [0.3, 0.4) is 0 Å². The van der Waals surface area contributed by atoms with Crippen LogP contribution in [0.4, 0.5) is 11.4 Å². The van der Waals surface area contributed by atoms with E-state index in [1.807, 2.05) is 32.0 Å². The van der Waals surface area contributed by atoms with E-state index in [0.29, 0.717) is 5.69 Å².